The molecule has 152 valence electrons. The second-order valence-electron chi connectivity index (χ2n) is 6.97. The van der Waals surface area contributed by atoms with E-state index in [1.807, 2.05) is 19.9 Å². The van der Waals surface area contributed by atoms with Crippen LogP contribution >= 0.6 is 0 Å². The highest BCUT2D eigenvalue weighted by Gasteiger charge is 2.32. The summed E-state index contributed by atoms with van der Waals surface area (Å²) in [6, 6.07) is 21.6. The molecule has 1 unspecified atom stereocenters. The number of sulfone groups is 1. The van der Waals surface area contributed by atoms with Crippen LogP contribution in [0, 0.1) is 13.8 Å². The average molecular weight is 430 g/mol. The molecule has 0 amide bonds. The van der Waals surface area contributed by atoms with Crippen LogP contribution in [0.25, 0.3) is 0 Å². The van der Waals surface area contributed by atoms with Gasteiger partial charge >= 0.3 is 0 Å². The summed E-state index contributed by atoms with van der Waals surface area (Å²) in [6.07, 6.45) is 0.0160. The molecule has 0 aliphatic heterocycles. The Balaban J connectivity index is 2.01. The molecular weight excluding hydrogens is 406 g/mol. The van der Waals surface area contributed by atoms with Crippen LogP contribution < -0.4 is 4.72 Å². The molecule has 0 saturated heterocycles. The predicted octanol–water partition coefficient (Wildman–Crippen LogP) is 3.62. The minimum absolute atomic E-state index is 0.0160. The van der Waals surface area contributed by atoms with Crippen molar-refractivity contribution in [1.82, 2.24) is 4.72 Å². The predicted molar refractivity (Wildman–Crippen MR) is 114 cm³/mol. The summed E-state index contributed by atoms with van der Waals surface area (Å²) in [7, 11) is -7.98. The van der Waals surface area contributed by atoms with Crippen molar-refractivity contribution in [3.63, 3.8) is 0 Å². The van der Waals surface area contributed by atoms with E-state index in [1.54, 1.807) is 48.5 Å². The molecular formula is C22H23NO4S2. The van der Waals surface area contributed by atoms with Crippen LogP contribution in [0.5, 0.6) is 0 Å². The fourth-order valence-corrected chi connectivity index (χ4v) is 6.10. The third kappa shape index (κ3) is 5.12. The Morgan fingerprint density at radius 2 is 1.17 bits per heavy atom. The molecule has 7 heteroatoms. The molecule has 0 bridgehead atoms. The lowest BCUT2D eigenvalue weighted by atomic mass is 10.1. The van der Waals surface area contributed by atoms with Gasteiger partial charge in [0.2, 0.25) is 10.0 Å². The fraction of sp³-hybridized carbons (Fsp3) is 0.182. The van der Waals surface area contributed by atoms with Crippen LogP contribution in [0.15, 0.2) is 88.7 Å². The lowest BCUT2D eigenvalue weighted by Crippen LogP contribution is -2.42. The van der Waals surface area contributed by atoms with Crippen LogP contribution in [0.1, 0.15) is 16.7 Å². The molecule has 0 fully saturated rings. The first-order valence-corrected chi connectivity index (χ1v) is 12.1. The molecule has 29 heavy (non-hydrogen) atoms. The van der Waals surface area contributed by atoms with Gasteiger partial charge in [0.25, 0.3) is 0 Å². The van der Waals surface area contributed by atoms with Crippen molar-refractivity contribution < 1.29 is 16.8 Å². The Kier molecular flexibility index (Phi) is 6.21. The molecule has 0 aliphatic carbocycles. The van der Waals surface area contributed by atoms with E-state index >= 15 is 0 Å². The number of hydrogen-bond donors (Lipinski definition) is 1. The molecule has 0 aromatic heterocycles. The van der Waals surface area contributed by atoms with Gasteiger partial charge in [-0.05, 0) is 43.7 Å². The van der Waals surface area contributed by atoms with E-state index in [0.29, 0.717) is 0 Å². The number of rotatable bonds is 7. The molecule has 3 aromatic rings. The fourth-order valence-electron chi connectivity index (χ4n) is 2.89. The summed E-state index contributed by atoms with van der Waals surface area (Å²) in [6.45, 7) is 3.71. The lowest BCUT2D eigenvalue weighted by Gasteiger charge is -2.20. The van der Waals surface area contributed by atoms with Gasteiger partial charge in [0.15, 0.2) is 9.84 Å². The van der Waals surface area contributed by atoms with Gasteiger partial charge in [-0.15, -0.1) is 0 Å². The standard InChI is InChI=1S/C22H23NO4S2/c1-17-8-12-20(13-9-17)28(24,25)22(16-19-6-4-3-5-7-19)23-29(26,27)21-14-10-18(2)11-15-21/h3-15,22-23H,16H2,1-2H3. The molecule has 3 rings (SSSR count). The Morgan fingerprint density at radius 3 is 1.69 bits per heavy atom. The molecule has 0 spiro atoms. The molecule has 0 heterocycles. The Bertz CT molecular complexity index is 1170. The normalized spacial score (nSPS) is 13.2. The molecule has 1 N–H and O–H groups in total. The van der Waals surface area contributed by atoms with Crippen LogP contribution in [0.2, 0.25) is 0 Å². The number of benzene rings is 3. The first-order valence-electron chi connectivity index (χ1n) is 9.12. The van der Waals surface area contributed by atoms with Gasteiger partial charge in [0, 0.05) is 6.42 Å². The van der Waals surface area contributed by atoms with E-state index in [1.165, 1.54) is 24.3 Å². The van der Waals surface area contributed by atoms with Gasteiger partial charge in [-0.3, -0.25) is 0 Å². The summed E-state index contributed by atoms with van der Waals surface area (Å²) in [5.41, 5.74) is 2.56. The van der Waals surface area contributed by atoms with E-state index in [9.17, 15) is 16.8 Å². The van der Waals surface area contributed by atoms with Gasteiger partial charge < -0.3 is 0 Å². The van der Waals surface area contributed by atoms with Gasteiger partial charge in [0.05, 0.1) is 9.79 Å². The summed E-state index contributed by atoms with van der Waals surface area (Å²) < 4.78 is 54.8. The molecule has 0 aliphatic rings. The topological polar surface area (TPSA) is 80.3 Å². The number of hydrogen-bond acceptors (Lipinski definition) is 4. The smallest absolute Gasteiger partial charge is 0.222 e. The highest BCUT2D eigenvalue weighted by molar-refractivity contribution is 7.94. The van der Waals surface area contributed by atoms with E-state index in [0.717, 1.165) is 16.7 Å². The average Bonchev–Trinajstić information content (AvgIpc) is 2.69. The highest BCUT2D eigenvalue weighted by atomic mass is 32.2. The van der Waals surface area contributed by atoms with Gasteiger partial charge in [0.1, 0.15) is 5.37 Å². The zero-order chi connectivity index (χ0) is 21.1. The number of aryl methyl sites for hydroxylation is 2. The van der Waals surface area contributed by atoms with Crippen molar-refractivity contribution in [2.75, 3.05) is 0 Å². The largest absolute Gasteiger partial charge is 0.241 e. The van der Waals surface area contributed by atoms with Gasteiger partial charge in [-0.25, -0.2) is 16.8 Å². The van der Waals surface area contributed by atoms with Crippen LogP contribution in [-0.4, -0.2) is 22.2 Å². The third-order valence-corrected chi connectivity index (χ3v) is 8.21. The SMILES string of the molecule is Cc1ccc(S(=O)(=O)NC(Cc2ccccc2)S(=O)(=O)c2ccc(C)cc2)cc1. The first-order chi connectivity index (χ1) is 13.7. The van der Waals surface area contributed by atoms with Crippen LogP contribution in [0.3, 0.4) is 0 Å². The number of sulfonamides is 1. The molecule has 3 aromatic carbocycles. The van der Waals surface area contributed by atoms with Crippen molar-refractivity contribution in [2.24, 2.45) is 0 Å². The Labute approximate surface area is 172 Å². The summed E-state index contributed by atoms with van der Waals surface area (Å²) in [5, 5.41) is -1.33. The van der Waals surface area contributed by atoms with Crippen molar-refractivity contribution in [2.45, 2.75) is 35.4 Å². The van der Waals surface area contributed by atoms with Crippen molar-refractivity contribution in [3.05, 3.63) is 95.6 Å². The van der Waals surface area contributed by atoms with Crippen molar-refractivity contribution in [3.8, 4) is 0 Å². The zero-order valence-corrected chi connectivity index (χ0v) is 17.9. The summed E-state index contributed by atoms with van der Waals surface area (Å²) in [4.78, 5) is 0.107. The molecule has 5 nitrogen and oxygen atoms in total. The first kappa shape index (κ1) is 21.2. The van der Waals surface area contributed by atoms with Crippen molar-refractivity contribution in [1.29, 1.82) is 0 Å². The van der Waals surface area contributed by atoms with E-state index in [-0.39, 0.29) is 16.2 Å². The number of nitrogens with one attached hydrogen (secondary N) is 1. The molecule has 1 atom stereocenters. The summed E-state index contributed by atoms with van der Waals surface area (Å²) in [5.74, 6) is 0. The summed E-state index contributed by atoms with van der Waals surface area (Å²) >= 11 is 0. The Morgan fingerprint density at radius 1 is 0.690 bits per heavy atom. The lowest BCUT2D eigenvalue weighted by molar-refractivity contribution is 0.552. The maximum Gasteiger partial charge on any atom is 0.241 e. The molecule has 0 radical (unpaired) electrons. The van der Waals surface area contributed by atoms with E-state index in [4.69, 9.17) is 0 Å². The van der Waals surface area contributed by atoms with E-state index < -0.39 is 25.2 Å². The highest BCUT2D eigenvalue weighted by Crippen LogP contribution is 2.21. The molecule has 0 saturated carbocycles. The monoisotopic (exact) mass is 429 g/mol. The second kappa shape index (κ2) is 8.49. The minimum Gasteiger partial charge on any atom is -0.222 e. The second-order valence-corrected chi connectivity index (χ2v) is 10.8. The quantitative estimate of drug-likeness (QED) is 0.622. The minimum atomic E-state index is -4.02. The van der Waals surface area contributed by atoms with Crippen molar-refractivity contribution >= 4 is 19.9 Å². The van der Waals surface area contributed by atoms with Crippen LogP contribution in [-0.2, 0) is 26.3 Å². The van der Waals surface area contributed by atoms with E-state index in [2.05, 4.69) is 4.72 Å². The third-order valence-electron chi connectivity index (χ3n) is 4.61. The van der Waals surface area contributed by atoms with Gasteiger partial charge in [-0.2, -0.15) is 4.72 Å². The Hall–Kier alpha value is -2.48. The maximum atomic E-state index is 13.3. The zero-order valence-electron chi connectivity index (χ0n) is 16.2. The maximum absolute atomic E-state index is 13.3. The van der Waals surface area contributed by atoms with Crippen LogP contribution in [0.4, 0.5) is 0 Å². The van der Waals surface area contributed by atoms with Gasteiger partial charge in [-0.1, -0.05) is 65.7 Å².